The van der Waals surface area contributed by atoms with E-state index in [-0.39, 0.29) is 17.0 Å². The molecule has 4 nitrogen and oxygen atoms in total. The second kappa shape index (κ2) is 5.91. The Morgan fingerprint density at radius 2 is 2.05 bits per heavy atom. The summed E-state index contributed by atoms with van der Waals surface area (Å²) in [6.07, 6.45) is 3.32. The molecule has 1 aromatic rings. The van der Waals surface area contributed by atoms with Gasteiger partial charge in [-0.05, 0) is 43.9 Å². The van der Waals surface area contributed by atoms with E-state index in [4.69, 9.17) is 11.6 Å². The zero-order valence-corrected chi connectivity index (χ0v) is 12.3. The summed E-state index contributed by atoms with van der Waals surface area (Å²) in [6.45, 7) is 0.303. The smallest absolute Gasteiger partial charge is 0.238 e. The molecule has 3 rings (SSSR count). The standard InChI is InChI=1S/C15H18ClFN2O2/c16-13-5-9(1-4-14(13)17)18-15(21)8-19-10-2-3-11(19)7-12(20)6-10/h1,4-5,10-12,20H,2-3,6-8H2,(H,18,21). The van der Waals surface area contributed by atoms with E-state index >= 15 is 0 Å². The van der Waals surface area contributed by atoms with Crippen LogP contribution in [0.2, 0.25) is 5.02 Å². The average Bonchev–Trinajstić information content (AvgIpc) is 2.67. The largest absolute Gasteiger partial charge is 0.393 e. The van der Waals surface area contributed by atoms with Crippen LogP contribution < -0.4 is 5.32 Å². The van der Waals surface area contributed by atoms with Crippen molar-refractivity contribution >= 4 is 23.2 Å². The number of nitrogens with zero attached hydrogens (tertiary/aromatic N) is 1. The van der Waals surface area contributed by atoms with Crippen LogP contribution in [0.5, 0.6) is 0 Å². The number of carbonyl (C=O) groups is 1. The van der Waals surface area contributed by atoms with Gasteiger partial charge in [0.25, 0.3) is 0 Å². The first kappa shape index (κ1) is 14.8. The molecule has 2 aliphatic rings. The summed E-state index contributed by atoms with van der Waals surface area (Å²) in [5.74, 6) is -0.635. The van der Waals surface area contributed by atoms with E-state index in [1.165, 1.54) is 18.2 Å². The number of aliphatic hydroxyl groups excluding tert-OH is 1. The average molecular weight is 313 g/mol. The number of aliphatic hydroxyl groups is 1. The highest BCUT2D eigenvalue weighted by Crippen LogP contribution is 2.35. The van der Waals surface area contributed by atoms with Crippen molar-refractivity contribution in [2.45, 2.75) is 43.9 Å². The Kier molecular flexibility index (Phi) is 4.15. The normalized spacial score (nSPS) is 28.6. The van der Waals surface area contributed by atoms with E-state index in [0.29, 0.717) is 24.3 Å². The lowest BCUT2D eigenvalue weighted by Crippen LogP contribution is -2.47. The van der Waals surface area contributed by atoms with E-state index in [9.17, 15) is 14.3 Å². The minimum Gasteiger partial charge on any atom is -0.393 e. The van der Waals surface area contributed by atoms with Gasteiger partial charge in [-0.25, -0.2) is 4.39 Å². The predicted molar refractivity (Wildman–Crippen MR) is 78.8 cm³/mol. The quantitative estimate of drug-likeness (QED) is 0.901. The van der Waals surface area contributed by atoms with Crippen LogP contribution in [0.1, 0.15) is 25.7 Å². The molecule has 2 aliphatic heterocycles. The van der Waals surface area contributed by atoms with Crippen LogP contribution in [-0.4, -0.2) is 40.6 Å². The molecule has 0 aromatic heterocycles. The Morgan fingerprint density at radius 1 is 1.38 bits per heavy atom. The molecule has 2 bridgehead atoms. The maximum Gasteiger partial charge on any atom is 0.238 e. The van der Waals surface area contributed by atoms with Crippen LogP contribution in [0.15, 0.2) is 18.2 Å². The molecule has 2 unspecified atom stereocenters. The molecule has 0 aliphatic carbocycles. The molecule has 0 radical (unpaired) electrons. The Balaban J connectivity index is 1.60. The topological polar surface area (TPSA) is 52.6 Å². The Morgan fingerprint density at radius 3 is 2.67 bits per heavy atom. The number of anilines is 1. The number of benzene rings is 1. The fourth-order valence-corrected chi connectivity index (χ4v) is 3.62. The van der Waals surface area contributed by atoms with Crippen molar-refractivity contribution < 1.29 is 14.3 Å². The number of amides is 1. The monoisotopic (exact) mass is 312 g/mol. The highest BCUT2D eigenvalue weighted by Gasteiger charge is 2.40. The second-order valence-corrected chi connectivity index (χ2v) is 6.27. The van der Waals surface area contributed by atoms with Gasteiger partial charge in [-0.2, -0.15) is 0 Å². The van der Waals surface area contributed by atoms with Crippen molar-refractivity contribution in [1.29, 1.82) is 0 Å². The van der Waals surface area contributed by atoms with Crippen LogP contribution in [-0.2, 0) is 4.79 Å². The number of hydrogen-bond acceptors (Lipinski definition) is 3. The van der Waals surface area contributed by atoms with Gasteiger partial charge in [0.1, 0.15) is 5.82 Å². The lowest BCUT2D eigenvalue weighted by molar-refractivity contribution is -0.119. The highest BCUT2D eigenvalue weighted by molar-refractivity contribution is 6.31. The van der Waals surface area contributed by atoms with Gasteiger partial charge < -0.3 is 10.4 Å². The summed E-state index contributed by atoms with van der Waals surface area (Å²) in [6, 6.07) is 4.72. The maximum absolute atomic E-state index is 13.1. The fraction of sp³-hybridized carbons (Fsp3) is 0.533. The van der Waals surface area contributed by atoms with Crippen LogP contribution in [0.4, 0.5) is 10.1 Å². The van der Waals surface area contributed by atoms with E-state index < -0.39 is 5.82 Å². The van der Waals surface area contributed by atoms with E-state index in [0.717, 1.165) is 25.7 Å². The Labute approximate surface area is 127 Å². The summed E-state index contributed by atoms with van der Waals surface area (Å²) in [5, 5.41) is 12.5. The fourth-order valence-electron chi connectivity index (χ4n) is 3.44. The third-order valence-corrected chi connectivity index (χ3v) is 4.68. The zero-order valence-electron chi connectivity index (χ0n) is 11.6. The molecule has 1 aromatic carbocycles. The number of halogens is 2. The predicted octanol–water partition coefficient (Wildman–Crippen LogP) is 2.41. The molecule has 2 fully saturated rings. The van der Waals surface area contributed by atoms with Crippen molar-refractivity contribution in [1.82, 2.24) is 4.90 Å². The molecule has 2 saturated heterocycles. The van der Waals surface area contributed by atoms with Gasteiger partial charge in [-0.3, -0.25) is 9.69 Å². The van der Waals surface area contributed by atoms with Crippen molar-refractivity contribution in [3.05, 3.63) is 29.0 Å². The first-order valence-electron chi connectivity index (χ1n) is 7.21. The molecule has 21 heavy (non-hydrogen) atoms. The lowest BCUT2D eigenvalue weighted by atomic mass is 10.00. The Hall–Kier alpha value is -1.17. The minimum atomic E-state index is -0.502. The number of piperidine rings is 1. The lowest BCUT2D eigenvalue weighted by Gasteiger charge is -2.36. The highest BCUT2D eigenvalue weighted by atomic mass is 35.5. The summed E-state index contributed by atoms with van der Waals surface area (Å²) in [5.41, 5.74) is 0.496. The number of nitrogens with one attached hydrogen (secondary N) is 1. The van der Waals surface area contributed by atoms with Crippen LogP contribution in [0, 0.1) is 5.82 Å². The number of hydrogen-bond donors (Lipinski definition) is 2. The Bertz CT molecular complexity index is 540. The van der Waals surface area contributed by atoms with Crippen LogP contribution in [0.3, 0.4) is 0 Å². The van der Waals surface area contributed by atoms with Gasteiger partial charge in [0.15, 0.2) is 0 Å². The van der Waals surface area contributed by atoms with Gasteiger partial charge in [-0.15, -0.1) is 0 Å². The van der Waals surface area contributed by atoms with Gasteiger partial charge >= 0.3 is 0 Å². The van der Waals surface area contributed by atoms with Crippen LogP contribution in [0.25, 0.3) is 0 Å². The maximum atomic E-state index is 13.1. The van der Waals surface area contributed by atoms with E-state index in [1.54, 1.807) is 0 Å². The number of rotatable bonds is 3. The first-order chi connectivity index (χ1) is 10.0. The number of carbonyl (C=O) groups excluding carboxylic acids is 1. The zero-order chi connectivity index (χ0) is 15.0. The molecule has 2 N–H and O–H groups in total. The number of fused-ring (bicyclic) bond motifs is 2. The molecule has 0 saturated carbocycles. The van der Waals surface area contributed by atoms with Crippen molar-refractivity contribution in [2.75, 3.05) is 11.9 Å². The molecule has 6 heteroatoms. The van der Waals surface area contributed by atoms with Gasteiger partial charge in [0.05, 0.1) is 17.7 Å². The third-order valence-electron chi connectivity index (χ3n) is 4.39. The van der Waals surface area contributed by atoms with Gasteiger partial charge in [0.2, 0.25) is 5.91 Å². The molecule has 1 amide bonds. The molecule has 0 spiro atoms. The summed E-state index contributed by atoms with van der Waals surface area (Å²) in [4.78, 5) is 14.3. The first-order valence-corrected chi connectivity index (χ1v) is 7.59. The van der Waals surface area contributed by atoms with E-state index in [2.05, 4.69) is 10.2 Å². The van der Waals surface area contributed by atoms with Crippen LogP contribution >= 0.6 is 11.6 Å². The summed E-state index contributed by atoms with van der Waals surface area (Å²) in [7, 11) is 0. The second-order valence-electron chi connectivity index (χ2n) is 5.86. The third kappa shape index (κ3) is 3.20. The van der Waals surface area contributed by atoms with Gasteiger partial charge in [-0.1, -0.05) is 11.6 Å². The van der Waals surface area contributed by atoms with Crippen molar-refractivity contribution in [2.24, 2.45) is 0 Å². The minimum absolute atomic E-state index is 0.00559. The SMILES string of the molecule is O=C(CN1C2CCC1CC(O)C2)Nc1ccc(F)c(Cl)c1. The summed E-state index contributed by atoms with van der Waals surface area (Å²) >= 11 is 5.70. The summed E-state index contributed by atoms with van der Waals surface area (Å²) < 4.78 is 13.1. The molecule has 114 valence electrons. The molecular formula is C15H18ClFN2O2. The molecular weight excluding hydrogens is 295 g/mol. The van der Waals surface area contributed by atoms with E-state index in [1.807, 2.05) is 0 Å². The van der Waals surface area contributed by atoms with Crippen molar-refractivity contribution in [3.8, 4) is 0 Å². The van der Waals surface area contributed by atoms with Crippen molar-refractivity contribution in [3.63, 3.8) is 0 Å². The molecule has 2 atom stereocenters. The molecule has 2 heterocycles. The van der Waals surface area contributed by atoms with Gasteiger partial charge in [0, 0.05) is 17.8 Å².